The molecule has 0 radical (unpaired) electrons. The van der Waals surface area contributed by atoms with E-state index < -0.39 is 35.0 Å². The molecule has 0 saturated carbocycles. The van der Waals surface area contributed by atoms with E-state index in [0.29, 0.717) is 5.69 Å². The topological polar surface area (TPSA) is 95.3 Å². The maximum Gasteiger partial charge on any atom is 0.416 e. The summed E-state index contributed by atoms with van der Waals surface area (Å²) in [5.41, 5.74) is -1.18. The zero-order valence-corrected chi connectivity index (χ0v) is 13.5. The first kappa shape index (κ1) is 18.2. The maximum absolute atomic E-state index is 12.9. The predicted molar refractivity (Wildman–Crippen MR) is 90.2 cm³/mol. The number of anilines is 1. The van der Waals surface area contributed by atoms with Gasteiger partial charge in [0, 0.05) is 11.3 Å². The number of carbonyl (C=O) groups excluding carboxylic acids is 1. The first-order valence-corrected chi connectivity index (χ1v) is 7.59. The zero-order chi connectivity index (χ0) is 19.6. The standard InChI is InChI=1S/C18H12F3N3O3/c19-18(20,21)11-6-4-5-10(9-11)15-23-13(14(25)17(27)24-15)16(26)22-12-7-2-1-3-8-12/h1-9,25H,(H,22,26)(H,23,24,27). The van der Waals surface area contributed by atoms with Gasteiger partial charge in [0.2, 0.25) is 5.75 Å². The van der Waals surface area contributed by atoms with Crippen molar-refractivity contribution in [3.63, 3.8) is 0 Å². The van der Waals surface area contributed by atoms with E-state index in [9.17, 15) is 28.2 Å². The minimum Gasteiger partial charge on any atom is -0.501 e. The van der Waals surface area contributed by atoms with Crippen molar-refractivity contribution in [2.75, 3.05) is 5.32 Å². The molecule has 0 unspecified atom stereocenters. The van der Waals surface area contributed by atoms with Crippen LogP contribution >= 0.6 is 0 Å². The molecule has 0 aliphatic rings. The third-order valence-electron chi connectivity index (χ3n) is 3.56. The number of aromatic nitrogens is 2. The minimum atomic E-state index is -4.58. The van der Waals surface area contributed by atoms with Crippen molar-refractivity contribution in [1.82, 2.24) is 9.97 Å². The first-order chi connectivity index (χ1) is 12.8. The van der Waals surface area contributed by atoms with Crippen molar-refractivity contribution >= 4 is 11.6 Å². The summed E-state index contributed by atoms with van der Waals surface area (Å²) >= 11 is 0. The van der Waals surface area contributed by atoms with Gasteiger partial charge in [0.25, 0.3) is 11.8 Å². The van der Waals surface area contributed by atoms with Gasteiger partial charge in [-0.3, -0.25) is 4.79 Å². The fourth-order valence-corrected chi connectivity index (χ4v) is 2.28. The van der Waals surface area contributed by atoms with Gasteiger partial charge < -0.3 is 15.5 Å². The number of nitrogens with one attached hydrogen (secondary N) is 1. The Balaban J connectivity index is 2.01. The van der Waals surface area contributed by atoms with E-state index in [4.69, 9.17) is 0 Å². The Labute approximate surface area is 151 Å². The molecule has 0 spiro atoms. The van der Waals surface area contributed by atoms with Crippen molar-refractivity contribution in [3.8, 4) is 23.0 Å². The van der Waals surface area contributed by atoms with Crippen LogP contribution in [0.25, 0.3) is 11.4 Å². The third kappa shape index (κ3) is 3.97. The summed E-state index contributed by atoms with van der Waals surface area (Å²) in [5, 5.41) is 22.1. The molecule has 3 N–H and O–H groups in total. The quantitative estimate of drug-likeness (QED) is 0.647. The average molecular weight is 375 g/mol. The minimum absolute atomic E-state index is 0.0751. The Hall–Kier alpha value is -3.62. The molecule has 0 aliphatic heterocycles. The van der Waals surface area contributed by atoms with Crippen molar-refractivity contribution in [1.29, 1.82) is 0 Å². The number of carbonyl (C=O) groups is 1. The van der Waals surface area contributed by atoms with Crippen LogP contribution < -0.4 is 5.32 Å². The number of para-hydroxylation sites is 1. The lowest BCUT2D eigenvalue weighted by atomic mass is 10.1. The van der Waals surface area contributed by atoms with E-state index in [1.54, 1.807) is 30.3 Å². The molecule has 3 aromatic rings. The number of hydrogen-bond acceptors (Lipinski definition) is 5. The normalized spacial score (nSPS) is 11.2. The van der Waals surface area contributed by atoms with Gasteiger partial charge in [-0.15, -0.1) is 0 Å². The second-order valence-electron chi connectivity index (χ2n) is 5.47. The number of benzene rings is 2. The van der Waals surface area contributed by atoms with E-state index in [0.717, 1.165) is 18.2 Å². The fourth-order valence-electron chi connectivity index (χ4n) is 2.28. The summed E-state index contributed by atoms with van der Waals surface area (Å²) in [5.74, 6) is -2.99. The van der Waals surface area contributed by atoms with E-state index in [1.807, 2.05) is 0 Å². The zero-order valence-electron chi connectivity index (χ0n) is 13.5. The van der Waals surface area contributed by atoms with Crippen LogP contribution in [0, 0.1) is 0 Å². The average Bonchev–Trinajstić information content (AvgIpc) is 2.64. The molecule has 6 nitrogen and oxygen atoms in total. The SMILES string of the molecule is O=C(Nc1ccccc1)c1nc(-c2cccc(C(F)(F)F)c2)nc(O)c1O. The van der Waals surface area contributed by atoms with Crippen LogP contribution in [0.2, 0.25) is 0 Å². The number of aromatic hydroxyl groups is 2. The predicted octanol–water partition coefficient (Wildman–Crippen LogP) is 3.83. The molecule has 9 heteroatoms. The largest absolute Gasteiger partial charge is 0.501 e. The Morgan fingerprint density at radius 2 is 1.67 bits per heavy atom. The molecule has 0 bridgehead atoms. The van der Waals surface area contributed by atoms with Crippen LogP contribution in [0.3, 0.4) is 0 Å². The number of alkyl halides is 3. The van der Waals surface area contributed by atoms with Crippen LogP contribution in [0.15, 0.2) is 54.6 Å². The van der Waals surface area contributed by atoms with Crippen molar-refractivity contribution < 1.29 is 28.2 Å². The van der Waals surface area contributed by atoms with Gasteiger partial charge in [-0.25, -0.2) is 4.98 Å². The van der Waals surface area contributed by atoms with Crippen molar-refractivity contribution in [2.24, 2.45) is 0 Å². The molecule has 27 heavy (non-hydrogen) atoms. The molecule has 0 fully saturated rings. The Bertz CT molecular complexity index is 992. The Morgan fingerprint density at radius 1 is 0.963 bits per heavy atom. The number of halogens is 3. The summed E-state index contributed by atoms with van der Waals surface area (Å²) in [6, 6.07) is 12.3. The number of nitrogens with zero attached hydrogens (tertiary/aromatic N) is 2. The Kier molecular flexibility index (Phi) is 4.68. The summed E-state index contributed by atoms with van der Waals surface area (Å²) in [6.07, 6.45) is -4.58. The van der Waals surface area contributed by atoms with Gasteiger partial charge in [0.15, 0.2) is 11.5 Å². The molecule has 0 aliphatic carbocycles. The van der Waals surface area contributed by atoms with Gasteiger partial charge in [0.1, 0.15) is 0 Å². The highest BCUT2D eigenvalue weighted by Crippen LogP contribution is 2.33. The fraction of sp³-hybridized carbons (Fsp3) is 0.0556. The highest BCUT2D eigenvalue weighted by molar-refractivity contribution is 6.05. The molecule has 2 aromatic carbocycles. The van der Waals surface area contributed by atoms with Gasteiger partial charge >= 0.3 is 6.18 Å². The summed E-state index contributed by atoms with van der Waals surface area (Å²) in [6.45, 7) is 0. The molecule has 0 atom stereocenters. The number of amides is 1. The maximum atomic E-state index is 12.9. The van der Waals surface area contributed by atoms with Crippen molar-refractivity contribution in [3.05, 3.63) is 65.9 Å². The molecule has 1 heterocycles. The lowest BCUT2D eigenvalue weighted by Crippen LogP contribution is -2.15. The first-order valence-electron chi connectivity index (χ1n) is 7.59. The second kappa shape index (κ2) is 6.94. The summed E-state index contributed by atoms with van der Waals surface area (Å²) in [7, 11) is 0. The molecule has 138 valence electrons. The summed E-state index contributed by atoms with van der Waals surface area (Å²) < 4.78 is 38.6. The highest BCUT2D eigenvalue weighted by atomic mass is 19.4. The van der Waals surface area contributed by atoms with E-state index in [2.05, 4.69) is 15.3 Å². The van der Waals surface area contributed by atoms with E-state index in [-0.39, 0.29) is 11.4 Å². The van der Waals surface area contributed by atoms with E-state index >= 15 is 0 Å². The highest BCUT2D eigenvalue weighted by Gasteiger charge is 2.31. The molecule has 3 rings (SSSR count). The molecule has 1 aromatic heterocycles. The van der Waals surface area contributed by atoms with Crippen LogP contribution in [0.4, 0.5) is 18.9 Å². The van der Waals surface area contributed by atoms with Gasteiger partial charge in [0.05, 0.1) is 5.56 Å². The number of hydrogen-bond donors (Lipinski definition) is 3. The van der Waals surface area contributed by atoms with Gasteiger partial charge in [-0.2, -0.15) is 18.2 Å². The molecule has 0 saturated heterocycles. The second-order valence-corrected chi connectivity index (χ2v) is 5.47. The van der Waals surface area contributed by atoms with Gasteiger partial charge in [-0.1, -0.05) is 30.3 Å². The smallest absolute Gasteiger partial charge is 0.416 e. The summed E-state index contributed by atoms with van der Waals surface area (Å²) in [4.78, 5) is 19.7. The van der Waals surface area contributed by atoms with Crippen LogP contribution in [-0.4, -0.2) is 26.1 Å². The lowest BCUT2D eigenvalue weighted by Gasteiger charge is -2.11. The lowest BCUT2D eigenvalue weighted by molar-refractivity contribution is -0.137. The number of rotatable bonds is 3. The Morgan fingerprint density at radius 3 is 2.33 bits per heavy atom. The third-order valence-corrected chi connectivity index (χ3v) is 3.56. The van der Waals surface area contributed by atoms with Gasteiger partial charge in [-0.05, 0) is 24.3 Å². The van der Waals surface area contributed by atoms with Crippen LogP contribution in [0.1, 0.15) is 16.1 Å². The van der Waals surface area contributed by atoms with Crippen molar-refractivity contribution in [2.45, 2.75) is 6.18 Å². The molecular weight excluding hydrogens is 363 g/mol. The molecule has 1 amide bonds. The van der Waals surface area contributed by atoms with Crippen LogP contribution in [-0.2, 0) is 6.18 Å². The monoisotopic (exact) mass is 375 g/mol. The van der Waals surface area contributed by atoms with Crippen LogP contribution in [0.5, 0.6) is 11.6 Å². The molecular formula is C18H12F3N3O3. The van der Waals surface area contributed by atoms with E-state index in [1.165, 1.54) is 6.07 Å².